The van der Waals surface area contributed by atoms with E-state index < -0.39 is 0 Å². The van der Waals surface area contributed by atoms with Gasteiger partial charge < -0.3 is 4.74 Å². The smallest absolute Gasteiger partial charge is 0.297 e. The largest absolute Gasteiger partial charge is 0.460 e. The first-order valence-electron chi connectivity index (χ1n) is 3.15. The molecule has 0 saturated carbocycles. The van der Waals surface area contributed by atoms with Crippen LogP contribution in [0.1, 0.15) is 6.92 Å². The van der Waals surface area contributed by atoms with Crippen molar-refractivity contribution in [3.63, 3.8) is 0 Å². The van der Waals surface area contributed by atoms with Crippen molar-refractivity contribution < 1.29 is 4.74 Å². The minimum Gasteiger partial charge on any atom is -0.460 e. The molecule has 1 aliphatic rings. The van der Waals surface area contributed by atoms with Gasteiger partial charge in [-0.2, -0.15) is 4.98 Å². The zero-order chi connectivity index (χ0) is 7.14. The van der Waals surface area contributed by atoms with Crippen LogP contribution in [0.2, 0.25) is 0 Å². The van der Waals surface area contributed by atoms with Gasteiger partial charge in [-0.05, 0) is 22.9 Å². The van der Waals surface area contributed by atoms with Crippen molar-refractivity contribution in [3.05, 3.63) is 10.8 Å². The van der Waals surface area contributed by atoms with E-state index in [2.05, 4.69) is 20.9 Å². The van der Waals surface area contributed by atoms with E-state index in [0.717, 1.165) is 17.2 Å². The molecule has 0 amide bonds. The van der Waals surface area contributed by atoms with Crippen LogP contribution in [0.5, 0.6) is 6.01 Å². The van der Waals surface area contributed by atoms with Gasteiger partial charge in [0.15, 0.2) is 0 Å². The summed E-state index contributed by atoms with van der Waals surface area (Å²) in [6.07, 6.45) is 2.20. The number of aromatic nitrogens is 2. The Kier molecular flexibility index (Phi) is 1.23. The quantitative estimate of drug-likeness (QED) is 0.637. The highest BCUT2D eigenvalue weighted by molar-refractivity contribution is 9.10. The van der Waals surface area contributed by atoms with E-state index in [9.17, 15) is 0 Å². The van der Waals surface area contributed by atoms with E-state index in [4.69, 9.17) is 4.74 Å². The molecule has 4 heteroatoms. The maximum Gasteiger partial charge on any atom is 0.297 e. The van der Waals surface area contributed by atoms with Crippen molar-refractivity contribution in [2.75, 3.05) is 0 Å². The number of hydrogen-bond donors (Lipinski definition) is 0. The molecule has 2 rings (SSSR count). The molecule has 2 heterocycles. The van der Waals surface area contributed by atoms with E-state index >= 15 is 0 Å². The average Bonchev–Trinajstić information content (AvgIpc) is 2.21. The fraction of sp³-hybridized carbons (Fsp3) is 0.500. The first kappa shape index (κ1) is 6.22. The average molecular weight is 203 g/mol. The highest BCUT2D eigenvalue weighted by Gasteiger charge is 2.19. The summed E-state index contributed by atoms with van der Waals surface area (Å²) in [7, 11) is 0. The lowest BCUT2D eigenvalue weighted by Crippen LogP contribution is -2.07. The molecule has 0 bridgehead atoms. The van der Waals surface area contributed by atoms with Gasteiger partial charge in [-0.25, -0.2) is 0 Å². The van der Waals surface area contributed by atoms with Gasteiger partial charge in [0, 0.05) is 6.20 Å². The molecule has 0 radical (unpaired) electrons. The van der Waals surface area contributed by atoms with E-state index in [1.165, 1.54) is 0 Å². The second-order valence-electron chi connectivity index (χ2n) is 2.43. The van der Waals surface area contributed by atoms with Crippen molar-refractivity contribution in [2.45, 2.75) is 19.6 Å². The summed E-state index contributed by atoms with van der Waals surface area (Å²) in [6.45, 7) is 2.94. The summed E-state index contributed by atoms with van der Waals surface area (Å²) in [6, 6.07) is 0.722. The summed E-state index contributed by atoms with van der Waals surface area (Å²) < 4.78 is 8.19. The van der Waals surface area contributed by atoms with Crippen molar-refractivity contribution in [2.24, 2.45) is 0 Å². The third-order valence-corrected chi connectivity index (χ3v) is 1.85. The molecule has 1 aromatic heterocycles. The number of rotatable bonds is 0. The Balaban J connectivity index is 2.39. The molecule has 1 aromatic rings. The van der Waals surface area contributed by atoms with Crippen LogP contribution in [0.3, 0.4) is 0 Å². The van der Waals surface area contributed by atoms with Crippen LogP contribution in [-0.2, 0) is 6.54 Å². The van der Waals surface area contributed by atoms with Gasteiger partial charge in [0.25, 0.3) is 6.01 Å². The van der Waals surface area contributed by atoms with Gasteiger partial charge in [-0.1, -0.05) is 0 Å². The number of nitrogens with zero attached hydrogens (tertiary/aromatic N) is 2. The molecule has 0 spiro atoms. The topological polar surface area (TPSA) is 27.1 Å². The van der Waals surface area contributed by atoms with Crippen molar-refractivity contribution in [3.8, 4) is 6.01 Å². The maximum atomic E-state index is 5.35. The van der Waals surface area contributed by atoms with Gasteiger partial charge in [0.05, 0.1) is 6.54 Å². The normalized spacial score (nSPS) is 22.4. The second-order valence-corrected chi connectivity index (χ2v) is 3.24. The van der Waals surface area contributed by atoms with Crippen molar-refractivity contribution in [1.82, 2.24) is 9.55 Å². The number of halogens is 1. The van der Waals surface area contributed by atoms with Crippen LogP contribution < -0.4 is 4.74 Å². The van der Waals surface area contributed by atoms with Crippen molar-refractivity contribution in [1.29, 1.82) is 0 Å². The first-order chi connectivity index (χ1) is 4.75. The summed E-state index contributed by atoms with van der Waals surface area (Å²) in [5, 5.41) is 0. The fourth-order valence-corrected chi connectivity index (χ4v) is 1.49. The molecule has 0 aliphatic carbocycles. The number of ether oxygens (including phenoxy) is 1. The Labute approximate surface area is 67.1 Å². The van der Waals surface area contributed by atoms with E-state index in [1.54, 1.807) is 0 Å². The highest BCUT2D eigenvalue weighted by atomic mass is 79.9. The molecular formula is C6H7BrN2O. The minimum absolute atomic E-state index is 0.274. The van der Waals surface area contributed by atoms with E-state index in [-0.39, 0.29) is 6.10 Å². The van der Waals surface area contributed by atoms with Gasteiger partial charge in [0.2, 0.25) is 0 Å². The molecule has 1 aliphatic heterocycles. The third kappa shape index (κ3) is 0.831. The Morgan fingerprint density at radius 2 is 2.70 bits per heavy atom. The zero-order valence-electron chi connectivity index (χ0n) is 5.54. The molecule has 1 unspecified atom stereocenters. The van der Waals surface area contributed by atoms with Crippen LogP contribution in [0.25, 0.3) is 0 Å². The van der Waals surface area contributed by atoms with Gasteiger partial charge in [0.1, 0.15) is 10.7 Å². The molecule has 0 saturated heterocycles. The van der Waals surface area contributed by atoms with E-state index in [0.29, 0.717) is 0 Å². The van der Waals surface area contributed by atoms with Crippen LogP contribution in [0.4, 0.5) is 0 Å². The fourth-order valence-electron chi connectivity index (χ4n) is 1.09. The standard InChI is InChI=1S/C6H7BrN2O/c1-4-2-9-3-5(7)8-6(9)10-4/h3-4H,2H2,1H3. The highest BCUT2D eigenvalue weighted by Crippen LogP contribution is 2.22. The van der Waals surface area contributed by atoms with Crippen LogP contribution in [0, 0.1) is 0 Å². The summed E-state index contributed by atoms with van der Waals surface area (Å²) in [5.74, 6) is 0. The molecule has 3 nitrogen and oxygen atoms in total. The Morgan fingerprint density at radius 1 is 1.90 bits per heavy atom. The SMILES string of the molecule is CC1Cn2cc(Br)nc2O1. The monoisotopic (exact) mass is 202 g/mol. The van der Waals surface area contributed by atoms with Crippen LogP contribution >= 0.6 is 15.9 Å². The predicted molar refractivity (Wildman–Crippen MR) is 40.0 cm³/mol. The minimum atomic E-state index is 0.274. The van der Waals surface area contributed by atoms with Crippen LogP contribution in [-0.4, -0.2) is 15.7 Å². The first-order valence-corrected chi connectivity index (χ1v) is 3.94. The summed E-state index contributed by atoms with van der Waals surface area (Å²) in [5.41, 5.74) is 0. The molecule has 54 valence electrons. The molecule has 0 aromatic carbocycles. The van der Waals surface area contributed by atoms with Gasteiger partial charge in [-0.3, -0.25) is 4.57 Å². The third-order valence-electron chi connectivity index (χ3n) is 1.47. The Hall–Kier alpha value is -0.510. The number of hydrogen-bond acceptors (Lipinski definition) is 2. The maximum absolute atomic E-state index is 5.35. The molecular weight excluding hydrogens is 196 g/mol. The number of fused-ring (bicyclic) bond motifs is 1. The number of imidazole rings is 1. The van der Waals surface area contributed by atoms with Gasteiger partial charge in [-0.15, -0.1) is 0 Å². The molecule has 10 heavy (non-hydrogen) atoms. The Bertz CT molecular complexity index is 235. The van der Waals surface area contributed by atoms with Gasteiger partial charge >= 0.3 is 0 Å². The Morgan fingerprint density at radius 3 is 3.40 bits per heavy atom. The lowest BCUT2D eigenvalue weighted by Gasteiger charge is -1.97. The summed E-state index contributed by atoms with van der Waals surface area (Å²) >= 11 is 3.27. The van der Waals surface area contributed by atoms with Crippen LogP contribution in [0.15, 0.2) is 10.8 Å². The lowest BCUT2D eigenvalue weighted by molar-refractivity contribution is 0.245. The van der Waals surface area contributed by atoms with E-state index in [1.807, 2.05) is 17.7 Å². The molecule has 0 N–H and O–H groups in total. The molecule has 0 fully saturated rings. The van der Waals surface area contributed by atoms with Crippen molar-refractivity contribution >= 4 is 15.9 Å². The lowest BCUT2D eigenvalue weighted by atomic mass is 10.4. The second kappa shape index (κ2) is 1.99. The predicted octanol–water partition coefficient (Wildman–Crippen LogP) is 1.43. The zero-order valence-corrected chi connectivity index (χ0v) is 7.13. The molecule has 1 atom stereocenters. The summed E-state index contributed by atoms with van der Waals surface area (Å²) in [4.78, 5) is 4.10.